The van der Waals surface area contributed by atoms with E-state index in [0.29, 0.717) is 0 Å². The molecule has 0 aliphatic rings. The van der Waals surface area contributed by atoms with Gasteiger partial charge in [0.2, 0.25) is 0 Å². The van der Waals surface area contributed by atoms with Crippen LogP contribution in [0, 0.1) is 5.82 Å². The highest BCUT2D eigenvalue weighted by atomic mass is 19.1. The highest BCUT2D eigenvalue weighted by molar-refractivity contribution is 5.84. The second-order valence-corrected chi connectivity index (χ2v) is 6.78. The molecule has 5 nitrogen and oxygen atoms in total. The molecular formula is C16H22FNO4. The van der Waals surface area contributed by atoms with E-state index in [1.807, 2.05) is 0 Å². The Morgan fingerprint density at radius 2 is 1.82 bits per heavy atom. The zero-order valence-corrected chi connectivity index (χ0v) is 13.5. The van der Waals surface area contributed by atoms with Gasteiger partial charge >= 0.3 is 12.1 Å². The van der Waals surface area contributed by atoms with Crippen LogP contribution >= 0.6 is 0 Å². The van der Waals surface area contributed by atoms with Gasteiger partial charge in [-0.1, -0.05) is 19.9 Å². The predicted molar refractivity (Wildman–Crippen MR) is 81.5 cm³/mol. The predicted octanol–water partition coefficient (Wildman–Crippen LogP) is 3.93. The van der Waals surface area contributed by atoms with Crippen LogP contribution in [0.25, 0.3) is 0 Å². The Balaban J connectivity index is 2.90. The summed E-state index contributed by atoms with van der Waals surface area (Å²) in [5.41, 5.74) is -0.960. The molecule has 0 radical (unpaired) electrons. The molecule has 0 bridgehead atoms. The third-order valence-electron chi connectivity index (χ3n) is 2.94. The van der Waals surface area contributed by atoms with Crippen LogP contribution in [0.15, 0.2) is 18.2 Å². The van der Waals surface area contributed by atoms with E-state index in [9.17, 15) is 14.0 Å². The minimum atomic E-state index is -1.000. The van der Waals surface area contributed by atoms with E-state index in [4.69, 9.17) is 9.84 Å². The van der Waals surface area contributed by atoms with Crippen molar-refractivity contribution in [2.24, 2.45) is 0 Å². The van der Waals surface area contributed by atoms with Gasteiger partial charge in [0.25, 0.3) is 0 Å². The van der Waals surface area contributed by atoms with Gasteiger partial charge in [0.15, 0.2) is 0 Å². The van der Waals surface area contributed by atoms with Crippen LogP contribution in [0.2, 0.25) is 0 Å². The lowest BCUT2D eigenvalue weighted by Crippen LogP contribution is -2.27. The number of carbonyl (C=O) groups is 2. The number of benzene rings is 1. The highest BCUT2D eigenvalue weighted by Crippen LogP contribution is 2.30. The van der Waals surface area contributed by atoms with E-state index >= 15 is 0 Å². The molecule has 0 aliphatic heterocycles. The van der Waals surface area contributed by atoms with Crippen molar-refractivity contribution in [3.8, 4) is 0 Å². The number of carboxylic acid groups (broad SMARTS) is 1. The molecule has 1 aromatic carbocycles. The standard InChI is InChI=1S/C16H22FNO4/c1-15(2,3)22-14(21)18-10-6-7-11(12(17)8-10)16(4,5)9-13(19)20/h6-8H,9H2,1-5H3,(H,18,21)(H,19,20). The second kappa shape index (κ2) is 6.34. The summed E-state index contributed by atoms with van der Waals surface area (Å²) in [7, 11) is 0. The summed E-state index contributed by atoms with van der Waals surface area (Å²) in [5, 5.41) is 11.3. The molecule has 0 saturated carbocycles. The molecule has 6 heteroatoms. The quantitative estimate of drug-likeness (QED) is 0.883. The van der Waals surface area contributed by atoms with E-state index < -0.39 is 28.9 Å². The zero-order valence-electron chi connectivity index (χ0n) is 13.5. The molecule has 0 spiro atoms. The van der Waals surface area contributed by atoms with Crippen LogP contribution < -0.4 is 5.32 Å². The Kier molecular flexibility index (Phi) is 5.17. The number of rotatable bonds is 4. The van der Waals surface area contributed by atoms with E-state index in [1.54, 1.807) is 34.6 Å². The first-order valence-electron chi connectivity index (χ1n) is 6.92. The number of anilines is 1. The molecule has 0 heterocycles. The molecule has 22 heavy (non-hydrogen) atoms. The Labute approximate surface area is 129 Å². The van der Waals surface area contributed by atoms with Gasteiger partial charge in [-0.2, -0.15) is 0 Å². The summed E-state index contributed by atoms with van der Waals surface area (Å²) >= 11 is 0. The molecule has 1 aromatic rings. The first-order chi connectivity index (χ1) is 9.90. The van der Waals surface area contributed by atoms with Crippen LogP contribution in [0.3, 0.4) is 0 Å². The maximum atomic E-state index is 14.2. The first-order valence-corrected chi connectivity index (χ1v) is 6.92. The molecule has 1 amide bonds. The third kappa shape index (κ3) is 5.35. The average Bonchev–Trinajstić information content (AvgIpc) is 2.23. The number of amides is 1. The minimum Gasteiger partial charge on any atom is -0.481 e. The van der Waals surface area contributed by atoms with Crippen LogP contribution in [-0.2, 0) is 14.9 Å². The summed E-state index contributed by atoms with van der Waals surface area (Å²) in [4.78, 5) is 22.5. The molecule has 122 valence electrons. The van der Waals surface area contributed by atoms with Crippen LogP contribution in [-0.4, -0.2) is 22.8 Å². The highest BCUT2D eigenvalue weighted by Gasteiger charge is 2.27. The van der Waals surface area contributed by atoms with Crippen LogP contribution in [0.1, 0.15) is 46.6 Å². The lowest BCUT2D eigenvalue weighted by atomic mass is 9.81. The van der Waals surface area contributed by atoms with Crippen molar-refractivity contribution in [3.63, 3.8) is 0 Å². The van der Waals surface area contributed by atoms with Gasteiger partial charge in [-0.3, -0.25) is 10.1 Å². The monoisotopic (exact) mass is 311 g/mol. The zero-order chi connectivity index (χ0) is 17.1. The van der Waals surface area contributed by atoms with Crippen LogP contribution in [0.5, 0.6) is 0 Å². The smallest absolute Gasteiger partial charge is 0.412 e. The minimum absolute atomic E-state index is 0.192. The lowest BCUT2D eigenvalue weighted by Gasteiger charge is -2.24. The molecule has 2 N–H and O–H groups in total. The first kappa shape index (κ1) is 17.9. The number of carboxylic acids is 1. The summed E-state index contributed by atoms with van der Waals surface area (Å²) in [6.07, 6.45) is -0.868. The van der Waals surface area contributed by atoms with Gasteiger partial charge in [0, 0.05) is 11.1 Å². The largest absolute Gasteiger partial charge is 0.481 e. The number of ether oxygens (including phenoxy) is 1. The van der Waals surface area contributed by atoms with Crippen molar-refractivity contribution in [1.29, 1.82) is 0 Å². The Morgan fingerprint density at radius 1 is 1.23 bits per heavy atom. The van der Waals surface area contributed by atoms with E-state index in [0.717, 1.165) is 6.07 Å². The van der Waals surface area contributed by atoms with E-state index in [1.165, 1.54) is 12.1 Å². The third-order valence-corrected chi connectivity index (χ3v) is 2.94. The molecule has 1 rings (SSSR count). The van der Waals surface area contributed by atoms with Crippen molar-refractivity contribution in [2.75, 3.05) is 5.32 Å². The van der Waals surface area contributed by atoms with Gasteiger partial charge in [-0.15, -0.1) is 0 Å². The number of hydrogen-bond acceptors (Lipinski definition) is 3. The Hall–Kier alpha value is -2.11. The van der Waals surface area contributed by atoms with Crippen molar-refractivity contribution in [1.82, 2.24) is 0 Å². The van der Waals surface area contributed by atoms with E-state index in [-0.39, 0.29) is 17.7 Å². The van der Waals surface area contributed by atoms with Gasteiger partial charge in [0.1, 0.15) is 11.4 Å². The summed E-state index contributed by atoms with van der Waals surface area (Å²) in [5.74, 6) is -1.57. The van der Waals surface area contributed by atoms with Crippen molar-refractivity contribution >= 4 is 17.7 Å². The SMILES string of the molecule is CC(C)(C)OC(=O)Nc1ccc(C(C)(C)CC(=O)O)c(F)c1. The summed E-state index contributed by atoms with van der Waals surface area (Å²) in [6, 6.07) is 4.15. The number of aliphatic carboxylic acids is 1. The number of nitrogens with one attached hydrogen (secondary N) is 1. The molecular weight excluding hydrogens is 289 g/mol. The van der Waals surface area contributed by atoms with Gasteiger partial charge < -0.3 is 9.84 Å². The molecule has 0 fully saturated rings. The fourth-order valence-corrected chi connectivity index (χ4v) is 2.04. The summed E-state index contributed by atoms with van der Waals surface area (Å²) in [6.45, 7) is 8.49. The average molecular weight is 311 g/mol. The summed E-state index contributed by atoms with van der Waals surface area (Å²) < 4.78 is 19.3. The van der Waals surface area contributed by atoms with E-state index in [2.05, 4.69) is 5.32 Å². The molecule has 0 saturated heterocycles. The number of hydrogen-bond donors (Lipinski definition) is 2. The Bertz CT molecular complexity index is 576. The van der Waals surface area contributed by atoms with Crippen molar-refractivity contribution in [3.05, 3.63) is 29.6 Å². The lowest BCUT2D eigenvalue weighted by molar-refractivity contribution is -0.138. The van der Waals surface area contributed by atoms with Gasteiger partial charge in [-0.25, -0.2) is 9.18 Å². The normalized spacial score (nSPS) is 11.9. The molecule has 0 unspecified atom stereocenters. The van der Waals surface area contributed by atoms with Gasteiger partial charge in [-0.05, 0) is 38.5 Å². The maximum Gasteiger partial charge on any atom is 0.412 e. The number of carbonyl (C=O) groups excluding carboxylic acids is 1. The Morgan fingerprint density at radius 3 is 2.27 bits per heavy atom. The second-order valence-electron chi connectivity index (χ2n) is 6.78. The fourth-order valence-electron chi connectivity index (χ4n) is 2.04. The fraction of sp³-hybridized carbons (Fsp3) is 0.500. The number of halogens is 1. The molecule has 0 atom stereocenters. The van der Waals surface area contributed by atoms with Gasteiger partial charge in [0.05, 0.1) is 6.42 Å². The molecule has 0 aliphatic carbocycles. The van der Waals surface area contributed by atoms with Crippen molar-refractivity contribution in [2.45, 2.75) is 52.1 Å². The van der Waals surface area contributed by atoms with Crippen LogP contribution in [0.4, 0.5) is 14.9 Å². The maximum absolute atomic E-state index is 14.2. The van der Waals surface area contributed by atoms with Crippen molar-refractivity contribution < 1.29 is 23.8 Å². The molecule has 0 aromatic heterocycles. The topological polar surface area (TPSA) is 75.6 Å².